The van der Waals surface area contributed by atoms with Gasteiger partial charge in [-0.15, -0.1) is 0 Å². The van der Waals surface area contributed by atoms with E-state index in [2.05, 4.69) is 0 Å². The highest BCUT2D eigenvalue weighted by Crippen LogP contribution is 2.34. The smallest absolute Gasteiger partial charge is 0.339 e. The topological polar surface area (TPSA) is 105 Å². The van der Waals surface area contributed by atoms with Gasteiger partial charge in [-0.05, 0) is 12.1 Å². The van der Waals surface area contributed by atoms with Gasteiger partial charge >= 0.3 is 11.9 Å². The summed E-state index contributed by atoms with van der Waals surface area (Å²) in [6.45, 7) is 0. The maximum atomic E-state index is 11.7. The number of esters is 2. The fourth-order valence-electron chi connectivity index (χ4n) is 2.18. The molecular weight excluding hydrogens is 284 g/mol. The van der Waals surface area contributed by atoms with Gasteiger partial charge in [0.2, 0.25) is 0 Å². The molecule has 6 heteroatoms. The van der Waals surface area contributed by atoms with Gasteiger partial charge in [0.05, 0.1) is 36.7 Å². The van der Waals surface area contributed by atoms with Crippen LogP contribution >= 0.6 is 0 Å². The monoisotopic (exact) mass is 300 g/mol. The van der Waals surface area contributed by atoms with Gasteiger partial charge in [-0.2, -0.15) is 0 Å². The molecule has 0 aromatic heterocycles. The minimum absolute atomic E-state index is 0.239. The summed E-state index contributed by atoms with van der Waals surface area (Å²) in [7, 11) is 2.56. The minimum Gasteiger partial charge on any atom is -0.465 e. The molecule has 0 saturated carbocycles. The molecule has 114 valence electrons. The third kappa shape index (κ3) is 2.58. The van der Waals surface area contributed by atoms with Crippen molar-refractivity contribution >= 4 is 23.3 Å². The Morgan fingerprint density at radius 3 is 1.45 bits per heavy atom. The van der Waals surface area contributed by atoms with Crippen molar-refractivity contribution in [3.8, 4) is 11.1 Å². The molecule has 0 saturated heterocycles. The number of para-hydroxylation sites is 2. The average Bonchev–Trinajstić information content (AvgIpc) is 2.54. The van der Waals surface area contributed by atoms with Crippen molar-refractivity contribution in [3.63, 3.8) is 0 Å². The van der Waals surface area contributed by atoms with Gasteiger partial charge < -0.3 is 20.9 Å². The maximum Gasteiger partial charge on any atom is 0.339 e. The highest BCUT2D eigenvalue weighted by molar-refractivity contribution is 6.03. The number of ether oxygens (including phenoxy) is 2. The fraction of sp³-hybridized carbons (Fsp3) is 0.125. The summed E-state index contributed by atoms with van der Waals surface area (Å²) < 4.78 is 9.39. The Kier molecular flexibility index (Phi) is 4.31. The highest BCUT2D eigenvalue weighted by Gasteiger charge is 2.18. The normalized spacial score (nSPS) is 10.1. The summed E-state index contributed by atoms with van der Waals surface area (Å²) in [6, 6.07) is 9.89. The first-order valence-corrected chi connectivity index (χ1v) is 6.45. The van der Waals surface area contributed by atoms with Crippen LogP contribution in [0.15, 0.2) is 36.4 Å². The third-order valence-corrected chi connectivity index (χ3v) is 3.31. The van der Waals surface area contributed by atoms with Crippen LogP contribution in [0.5, 0.6) is 0 Å². The van der Waals surface area contributed by atoms with E-state index in [9.17, 15) is 9.59 Å². The molecule has 2 rings (SSSR count). The van der Waals surface area contributed by atoms with E-state index in [0.717, 1.165) is 0 Å². The molecule has 22 heavy (non-hydrogen) atoms. The van der Waals surface area contributed by atoms with Gasteiger partial charge in [0.15, 0.2) is 0 Å². The van der Waals surface area contributed by atoms with E-state index in [1.807, 2.05) is 0 Å². The molecule has 0 bridgehead atoms. The van der Waals surface area contributed by atoms with Crippen LogP contribution in [0.25, 0.3) is 11.1 Å². The molecule has 0 spiro atoms. The standard InChI is InChI=1S/C16H16N2O4/c1-21-15(19)11-7-3-5-9(13(11)17)10-6-4-8-12(14(10)18)16(20)22-2/h3-8H,17-18H2,1-2H3. The second-order valence-electron chi connectivity index (χ2n) is 4.52. The molecular formula is C16H16N2O4. The van der Waals surface area contributed by atoms with Crippen molar-refractivity contribution in [3.05, 3.63) is 47.5 Å². The van der Waals surface area contributed by atoms with E-state index in [1.165, 1.54) is 14.2 Å². The Balaban J connectivity index is 2.63. The van der Waals surface area contributed by atoms with E-state index < -0.39 is 11.9 Å². The van der Waals surface area contributed by atoms with Crippen LogP contribution in [0.4, 0.5) is 11.4 Å². The molecule has 6 nitrogen and oxygen atoms in total. The zero-order chi connectivity index (χ0) is 16.3. The lowest BCUT2D eigenvalue weighted by Gasteiger charge is -2.13. The van der Waals surface area contributed by atoms with Gasteiger partial charge in [0, 0.05) is 11.1 Å². The Bertz CT molecular complexity index is 677. The van der Waals surface area contributed by atoms with Crippen LogP contribution < -0.4 is 11.5 Å². The number of hydrogen-bond acceptors (Lipinski definition) is 6. The molecule has 0 amide bonds. The minimum atomic E-state index is -0.540. The van der Waals surface area contributed by atoms with E-state index in [1.54, 1.807) is 36.4 Å². The molecule has 4 N–H and O–H groups in total. The van der Waals surface area contributed by atoms with Crippen LogP contribution in [0.1, 0.15) is 20.7 Å². The van der Waals surface area contributed by atoms with E-state index in [4.69, 9.17) is 20.9 Å². The van der Waals surface area contributed by atoms with Crippen LogP contribution in [0.3, 0.4) is 0 Å². The van der Waals surface area contributed by atoms with Gasteiger partial charge in [0.25, 0.3) is 0 Å². The lowest BCUT2D eigenvalue weighted by molar-refractivity contribution is 0.0593. The molecule has 0 radical (unpaired) electrons. The number of rotatable bonds is 3. The molecule has 0 aliphatic heterocycles. The molecule has 0 atom stereocenters. The first-order chi connectivity index (χ1) is 10.5. The second-order valence-corrected chi connectivity index (χ2v) is 4.52. The molecule has 0 unspecified atom stereocenters. The van der Waals surface area contributed by atoms with Gasteiger partial charge in [-0.1, -0.05) is 24.3 Å². The quantitative estimate of drug-likeness (QED) is 0.664. The largest absolute Gasteiger partial charge is 0.465 e. The predicted molar refractivity (Wildman–Crippen MR) is 83.4 cm³/mol. The summed E-state index contributed by atoms with van der Waals surface area (Å²) in [5.41, 5.74) is 14.1. The van der Waals surface area contributed by atoms with Crippen molar-refractivity contribution in [1.82, 2.24) is 0 Å². The number of carbonyl (C=O) groups excluding carboxylic acids is 2. The van der Waals surface area contributed by atoms with E-state index >= 15 is 0 Å². The second kappa shape index (κ2) is 6.17. The molecule has 0 aliphatic rings. The fourth-order valence-corrected chi connectivity index (χ4v) is 2.18. The third-order valence-electron chi connectivity index (χ3n) is 3.31. The van der Waals surface area contributed by atoms with E-state index in [0.29, 0.717) is 11.1 Å². The number of anilines is 2. The number of nitrogens with two attached hydrogens (primary N) is 2. The molecule has 0 heterocycles. The lowest BCUT2D eigenvalue weighted by atomic mass is 9.96. The molecule has 2 aromatic carbocycles. The van der Waals surface area contributed by atoms with Crippen LogP contribution in [-0.4, -0.2) is 26.2 Å². The van der Waals surface area contributed by atoms with Crippen molar-refractivity contribution in [2.75, 3.05) is 25.7 Å². The molecule has 0 fully saturated rings. The van der Waals surface area contributed by atoms with Crippen LogP contribution in [-0.2, 0) is 9.47 Å². The van der Waals surface area contributed by atoms with Crippen molar-refractivity contribution in [2.45, 2.75) is 0 Å². The van der Waals surface area contributed by atoms with Gasteiger partial charge in [-0.25, -0.2) is 9.59 Å². The SMILES string of the molecule is COC(=O)c1cccc(-c2cccc(C(=O)OC)c2N)c1N. The van der Waals surface area contributed by atoms with E-state index in [-0.39, 0.29) is 22.5 Å². The van der Waals surface area contributed by atoms with Crippen LogP contribution in [0.2, 0.25) is 0 Å². The van der Waals surface area contributed by atoms with Gasteiger partial charge in [-0.3, -0.25) is 0 Å². The maximum absolute atomic E-state index is 11.7. The highest BCUT2D eigenvalue weighted by atomic mass is 16.5. The number of methoxy groups -OCH3 is 2. The van der Waals surface area contributed by atoms with Crippen molar-refractivity contribution in [2.24, 2.45) is 0 Å². The molecule has 0 aliphatic carbocycles. The Morgan fingerprint density at radius 2 is 1.14 bits per heavy atom. The first kappa shape index (κ1) is 15.4. The first-order valence-electron chi connectivity index (χ1n) is 6.45. The zero-order valence-corrected chi connectivity index (χ0v) is 12.3. The van der Waals surface area contributed by atoms with Crippen LogP contribution in [0, 0.1) is 0 Å². The number of nitrogen functional groups attached to an aromatic ring is 2. The van der Waals surface area contributed by atoms with Crippen molar-refractivity contribution in [1.29, 1.82) is 0 Å². The summed E-state index contributed by atoms with van der Waals surface area (Å²) in [5.74, 6) is -1.08. The van der Waals surface area contributed by atoms with Crippen molar-refractivity contribution < 1.29 is 19.1 Å². The van der Waals surface area contributed by atoms with Gasteiger partial charge in [0.1, 0.15) is 0 Å². The predicted octanol–water partition coefficient (Wildman–Crippen LogP) is 2.09. The summed E-state index contributed by atoms with van der Waals surface area (Å²) in [4.78, 5) is 23.4. The molecule has 2 aromatic rings. The summed E-state index contributed by atoms with van der Waals surface area (Å²) in [6.07, 6.45) is 0. The number of hydrogen-bond donors (Lipinski definition) is 2. The Morgan fingerprint density at radius 1 is 0.773 bits per heavy atom. The number of benzene rings is 2. The summed E-state index contributed by atoms with van der Waals surface area (Å²) in [5, 5.41) is 0. The Hall–Kier alpha value is -3.02. The average molecular weight is 300 g/mol. The number of carbonyl (C=O) groups is 2. The zero-order valence-electron chi connectivity index (χ0n) is 12.3. The summed E-state index contributed by atoms with van der Waals surface area (Å²) >= 11 is 0. The lowest BCUT2D eigenvalue weighted by Crippen LogP contribution is -2.09. The Labute approximate surface area is 127 Å².